The largest absolute Gasteiger partial charge is 0.424 e. The summed E-state index contributed by atoms with van der Waals surface area (Å²) in [5.74, 6) is 0. The van der Waals surface area contributed by atoms with Gasteiger partial charge < -0.3 is 4.23 Å². The van der Waals surface area contributed by atoms with Gasteiger partial charge in [0, 0.05) is 11.1 Å². The molecule has 0 aliphatic rings. The normalized spacial score (nSPS) is 12.7. The molecule has 0 radical (unpaired) electrons. The lowest BCUT2D eigenvalue weighted by molar-refractivity contribution is 1.37. The fourth-order valence-electron chi connectivity index (χ4n) is 3.13. The Morgan fingerprint density at radius 1 is 0.684 bits per heavy atom. The fourth-order valence-corrected chi connectivity index (χ4v) is 13.0. The molecule has 0 aliphatic carbocycles. The Morgan fingerprint density at radius 2 is 1.21 bits per heavy atom. The van der Waals surface area contributed by atoms with Crippen molar-refractivity contribution in [1.29, 1.82) is 0 Å². The van der Waals surface area contributed by atoms with E-state index in [4.69, 9.17) is 0 Å². The Kier molecular flexibility index (Phi) is 3.62. The second-order valence-electron chi connectivity index (χ2n) is 7.18. The van der Waals surface area contributed by atoms with Crippen LogP contribution in [0.4, 0.5) is 5.69 Å². The molecule has 3 heteroatoms. The van der Waals surface area contributed by atoms with Gasteiger partial charge in [-0.05, 0) is 11.5 Å². The van der Waals surface area contributed by atoms with Crippen molar-refractivity contribution in [1.82, 2.24) is 0 Å². The van der Waals surface area contributed by atoms with Gasteiger partial charge in [0.1, 0.15) is 16.5 Å². The molecule has 2 aromatic rings. The third-order valence-corrected chi connectivity index (χ3v) is 10.5. The molecule has 0 aliphatic heterocycles. The number of anilines is 1. The number of benzene rings is 2. The van der Waals surface area contributed by atoms with Crippen LogP contribution in [0.15, 0.2) is 42.5 Å². The first-order valence-electron chi connectivity index (χ1n) is 6.99. The Bertz CT molecular complexity index is 560. The van der Waals surface area contributed by atoms with E-state index in [1.165, 1.54) is 16.5 Å². The molecule has 0 saturated carbocycles. The lowest BCUT2D eigenvalue weighted by Gasteiger charge is -2.46. The highest BCUT2D eigenvalue weighted by atomic mass is 28.4. The number of nitrogens with zero attached hydrogens (tertiary/aromatic N) is 1. The van der Waals surface area contributed by atoms with Gasteiger partial charge in [-0.25, -0.2) is 0 Å². The van der Waals surface area contributed by atoms with Crippen LogP contribution in [0.25, 0.3) is 10.8 Å². The zero-order valence-electron chi connectivity index (χ0n) is 13.0. The van der Waals surface area contributed by atoms with Crippen molar-refractivity contribution < 1.29 is 0 Å². The Balaban J connectivity index is 2.70. The summed E-state index contributed by atoms with van der Waals surface area (Å²) in [7, 11) is -2.77. The maximum atomic E-state index is 2.79. The van der Waals surface area contributed by atoms with Crippen LogP contribution >= 0.6 is 0 Å². The van der Waals surface area contributed by atoms with Gasteiger partial charge in [0.05, 0.1) is 0 Å². The molecule has 0 unspecified atom stereocenters. The smallest absolute Gasteiger partial charge is 0.138 e. The molecular weight excluding hydrogens is 262 g/mol. The van der Waals surface area contributed by atoms with Crippen LogP contribution in [0, 0.1) is 0 Å². The van der Waals surface area contributed by atoms with Gasteiger partial charge in [-0.3, -0.25) is 0 Å². The summed E-state index contributed by atoms with van der Waals surface area (Å²) >= 11 is 0. The highest BCUT2D eigenvalue weighted by Crippen LogP contribution is 2.34. The summed E-state index contributed by atoms with van der Waals surface area (Å²) in [5.41, 5.74) is 1.44. The average Bonchev–Trinajstić information content (AvgIpc) is 2.25. The molecule has 0 bridgehead atoms. The molecular formula is C16H25NSi2. The third-order valence-electron chi connectivity index (χ3n) is 3.35. The van der Waals surface area contributed by atoms with Crippen LogP contribution in [0.1, 0.15) is 0 Å². The summed E-state index contributed by atoms with van der Waals surface area (Å²) in [4.78, 5) is 0. The van der Waals surface area contributed by atoms with Crippen molar-refractivity contribution in [2.75, 3.05) is 4.23 Å². The van der Waals surface area contributed by atoms with Gasteiger partial charge in [0.15, 0.2) is 0 Å². The summed E-state index contributed by atoms with van der Waals surface area (Å²) in [6.07, 6.45) is 0. The van der Waals surface area contributed by atoms with Gasteiger partial charge in [-0.2, -0.15) is 0 Å². The molecule has 102 valence electrons. The zero-order chi connectivity index (χ0) is 14.3. The van der Waals surface area contributed by atoms with Crippen LogP contribution < -0.4 is 4.23 Å². The van der Waals surface area contributed by atoms with E-state index in [-0.39, 0.29) is 0 Å². The van der Waals surface area contributed by atoms with Crippen LogP contribution in [0.2, 0.25) is 39.3 Å². The second-order valence-corrected chi connectivity index (χ2v) is 17.2. The fraction of sp³-hybridized carbons (Fsp3) is 0.375. The van der Waals surface area contributed by atoms with Gasteiger partial charge >= 0.3 is 0 Å². The van der Waals surface area contributed by atoms with Gasteiger partial charge in [0.2, 0.25) is 0 Å². The quantitative estimate of drug-likeness (QED) is 0.691. The summed E-state index contributed by atoms with van der Waals surface area (Å²) in [6.45, 7) is 14.7. The minimum atomic E-state index is -1.39. The van der Waals surface area contributed by atoms with Gasteiger partial charge in [-0.1, -0.05) is 75.7 Å². The molecule has 0 atom stereocenters. The van der Waals surface area contributed by atoms with E-state index in [1.54, 1.807) is 0 Å². The molecule has 2 rings (SSSR count). The molecule has 0 aromatic heterocycles. The van der Waals surface area contributed by atoms with Gasteiger partial charge in [0.25, 0.3) is 0 Å². The number of fused-ring (bicyclic) bond motifs is 1. The molecule has 0 heterocycles. The highest BCUT2D eigenvalue weighted by Gasteiger charge is 2.35. The molecule has 2 aromatic carbocycles. The maximum absolute atomic E-state index is 2.79. The minimum absolute atomic E-state index is 1.35. The summed E-state index contributed by atoms with van der Waals surface area (Å²) in [6, 6.07) is 15.5. The first-order chi connectivity index (χ1) is 8.71. The van der Waals surface area contributed by atoms with E-state index in [2.05, 4.69) is 86.0 Å². The van der Waals surface area contributed by atoms with Crippen molar-refractivity contribution in [2.24, 2.45) is 0 Å². The van der Waals surface area contributed by atoms with Crippen LogP contribution in [0.5, 0.6) is 0 Å². The Hall–Kier alpha value is -1.07. The Morgan fingerprint density at radius 3 is 1.79 bits per heavy atom. The second kappa shape index (κ2) is 4.80. The van der Waals surface area contributed by atoms with E-state index >= 15 is 0 Å². The highest BCUT2D eigenvalue weighted by molar-refractivity contribution is 6.99. The summed E-state index contributed by atoms with van der Waals surface area (Å²) < 4.78 is 2.79. The third kappa shape index (κ3) is 2.92. The topological polar surface area (TPSA) is 3.24 Å². The molecule has 0 spiro atoms. The summed E-state index contributed by atoms with van der Waals surface area (Å²) in [5, 5.41) is 2.75. The molecule has 0 amide bonds. The number of rotatable bonds is 3. The number of hydrogen-bond donors (Lipinski definition) is 0. The SMILES string of the molecule is C[Si](C)(C)N(c1cccc2ccccc12)[Si](C)(C)C. The van der Waals surface area contributed by atoms with Crippen LogP contribution in [0.3, 0.4) is 0 Å². The minimum Gasteiger partial charge on any atom is -0.424 e. The average molecular weight is 288 g/mol. The van der Waals surface area contributed by atoms with E-state index in [0.717, 1.165) is 0 Å². The van der Waals surface area contributed by atoms with E-state index in [0.29, 0.717) is 0 Å². The van der Waals surface area contributed by atoms with E-state index < -0.39 is 16.5 Å². The Labute approximate surface area is 119 Å². The van der Waals surface area contributed by atoms with E-state index in [1.807, 2.05) is 0 Å². The van der Waals surface area contributed by atoms with E-state index in [9.17, 15) is 0 Å². The predicted octanol–water partition coefficient (Wildman–Crippen LogP) is 5.32. The van der Waals surface area contributed by atoms with Crippen molar-refractivity contribution >= 4 is 32.9 Å². The molecule has 0 fully saturated rings. The predicted molar refractivity (Wildman–Crippen MR) is 93.1 cm³/mol. The van der Waals surface area contributed by atoms with Crippen molar-refractivity contribution in [3.05, 3.63) is 42.5 Å². The lowest BCUT2D eigenvalue weighted by atomic mass is 10.1. The van der Waals surface area contributed by atoms with Crippen molar-refractivity contribution in [3.63, 3.8) is 0 Å². The van der Waals surface area contributed by atoms with Gasteiger partial charge in [-0.15, -0.1) is 0 Å². The zero-order valence-corrected chi connectivity index (χ0v) is 15.0. The maximum Gasteiger partial charge on any atom is 0.138 e. The molecule has 1 nitrogen and oxygen atoms in total. The van der Waals surface area contributed by atoms with Crippen molar-refractivity contribution in [3.8, 4) is 0 Å². The lowest BCUT2D eigenvalue weighted by Crippen LogP contribution is -2.59. The molecule has 19 heavy (non-hydrogen) atoms. The molecule has 0 N–H and O–H groups in total. The van der Waals surface area contributed by atoms with Crippen molar-refractivity contribution in [2.45, 2.75) is 39.3 Å². The first kappa shape index (κ1) is 14.3. The van der Waals surface area contributed by atoms with Crippen LogP contribution in [-0.4, -0.2) is 16.5 Å². The number of hydrogen-bond acceptors (Lipinski definition) is 1. The monoisotopic (exact) mass is 287 g/mol. The first-order valence-corrected chi connectivity index (χ1v) is 13.9. The standard InChI is InChI=1S/C16H25NSi2/c1-18(2,3)17(19(4,5)6)16-13-9-11-14-10-7-8-12-15(14)16/h7-13H,1-6H3. The van der Waals surface area contributed by atoms with Crippen LogP contribution in [-0.2, 0) is 0 Å². The molecule has 0 saturated heterocycles.